The summed E-state index contributed by atoms with van der Waals surface area (Å²) < 4.78 is 1.72. The first-order chi connectivity index (χ1) is 20.5. The van der Waals surface area contributed by atoms with Gasteiger partial charge in [-0.15, -0.1) is 0 Å². The summed E-state index contributed by atoms with van der Waals surface area (Å²) in [6.45, 7) is 3.84. The molecule has 1 aliphatic carbocycles. The Bertz CT molecular complexity index is 1900. The molecule has 1 saturated carbocycles. The van der Waals surface area contributed by atoms with E-state index >= 15 is 0 Å². The number of fused-ring (bicyclic) bond motifs is 3. The van der Waals surface area contributed by atoms with Crippen molar-refractivity contribution in [2.24, 2.45) is 11.8 Å². The molecule has 4 heterocycles. The van der Waals surface area contributed by atoms with Gasteiger partial charge in [-0.1, -0.05) is 61.2 Å². The zero-order chi connectivity index (χ0) is 28.8. The van der Waals surface area contributed by atoms with Crippen molar-refractivity contribution in [2.45, 2.75) is 45.1 Å². The van der Waals surface area contributed by atoms with Crippen molar-refractivity contribution in [3.63, 3.8) is 0 Å². The van der Waals surface area contributed by atoms with Crippen molar-refractivity contribution in [1.82, 2.24) is 19.5 Å². The number of para-hydroxylation sites is 1. The second-order valence-electron chi connectivity index (χ2n) is 11.6. The number of rotatable bonds is 5. The number of hydrogen-bond donors (Lipinski definition) is 2. The molecule has 9 heteroatoms. The summed E-state index contributed by atoms with van der Waals surface area (Å²) in [5, 5.41) is 5.58. The molecule has 1 saturated heterocycles. The molecule has 0 radical (unpaired) electrons. The Morgan fingerprint density at radius 2 is 1.76 bits per heavy atom. The zero-order valence-electron chi connectivity index (χ0n) is 23.5. The van der Waals surface area contributed by atoms with E-state index in [0.717, 1.165) is 42.2 Å². The molecule has 0 bridgehead atoms. The van der Waals surface area contributed by atoms with Crippen LogP contribution in [0.1, 0.15) is 50.8 Å². The van der Waals surface area contributed by atoms with E-state index in [2.05, 4.69) is 31.2 Å². The maximum absolute atomic E-state index is 14.6. The average molecular weight is 581 g/mol. The van der Waals surface area contributed by atoms with E-state index in [-0.39, 0.29) is 11.0 Å². The molecule has 5 aromatic rings. The van der Waals surface area contributed by atoms with Gasteiger partial charge in [0.15, 0.2) is 5.43 Å². The van der Waals surface area contributed by atoms with Gasteiger partial charge < -0.3 is 15.2 Å². The monoisotopic (exact) mass is 580 g/mol. The Hall–Kier alpha value is -4.17. The van der Waals surface area contributed by atoms with E-state index < -0.39 is 6.04 Å². The lowest BCUT2D eigenvalue weighted by atomic mass is 9.75. The van der Waals surface area contributed by atoms with Crippen LogP contribution in [0.25, 0.3) is 27.5 Å². The molecular weight excluding hydrogens is 548 g/mol. The Labute approximate surface area is 248 Å². The largest absolute Gasteiger partial charge is 0.371 e. The van der Waals surface area contributed by atoms with Gasteiger partial charge in [-0.25, -0.2) is 9.97 Å². The van der Waals surface area contributed by atoms with Crippen LogP contribution in [0, 0.1) is 11.8 Å². The number of aromatic nitrogens is 4. The molecule has 2 unspecified atom stereocenters. The van der Waals surface area contributed by atoms with Crippen LogP contribution >= 0.6 is 11.6 Å². The molecular formula is C33H33ClN6O2. The topological polar surface area (TPSA) is 95.9 Å². The number of aromatic amines is 1. The summed E-state index contributed by atoms with van der Waals surface area (Å²) >= 11 is 7.28. The number of hydrogen-bond acceptors (Lipinski definition) is 6. The molecule has 2 fully saturated rings. The maximum Gasteiger partial charge on any atom is 0.265 e. The van der Waals surface area contributed by atoms with Gasteiger partial charge in [0.05, 0.1) is 27.8 Å². The van der Waals surface area contributed by atoms with Gasteiger partial charge in [0.1, 0.15) is 23.2 Å². The zero-order valence-corrected chi connectivity index (χ0v) is 24.3. The highest BCUT2D eigenvalue weighted by Crippen LogP contribution is 2.40. The molecule has 42 heavy (non-hydrogen) atoms. The standard InChI is InChI=1S/C33H33ClN6O2/c1-20(38-32-28-26(41)14-16-35-31(28)36-19-37-32)30-29(34)24-12-7-13-25(39-17-15-21-8-5-6-9-22(21)18-39)27(24)33(42)40(30)23-10-3-2-4-11-23/h2-4,7,10-14,16,19-22H,5-6,8-9,15,17-18H2,1H3,(H2,35,36,37,38,41)/t20-,21?,22?/m0/s1. The third-order valence-electron chi connectivity index (χ3n) is 9.12. The smallest absolute Gasteiger partial charge is 0.265 e. The van der Waals surface area contributed by atoms with Crippen molar-refractivity contribution >= 4 is 44.9 Å². The molecule has 214 valence electrons. The highest BCUT2D eigenvalue weighted by atomic mass is 35.5. The number of H-pyrrole nitrogens is 1. The van der Waals surface area contributed by atoms with Crippen LogP contribution in [0.2, 0.25) is 5.02 Å². The molecule has 0 spiro atoms. The van der Waals surface area contributed by atoms with Crippen LogP contribution < -0.4 is 21.2 Å². The van der Waals surface area contributed by atoms with Crippen molar-refractivity contribution in [3.8, 4) is 5.69 Å². The van der Waals surface area contributed by atoms with Crippen LogP contribution in [-0.4, -0.2) is 32.6 Å². The van der Waals surface area contributed by atoms with Crippen LogP contribution in [0.4, 0.5) is 11.5 Å². The molecule has 2 N–H and O–H groups in total. The number of piperidine rings is 1. The molecule has 3 aromatic heterocycles. The Kier molecular flexibility index (Phi) is 6.94. The lowest BCUT2D eigenvalue weighted by Gasteiger charge is -2.42. The van der Waals surface area contributed by atoms with E-state index in [9.17, 15) is 9.59 Å². The van der Waals surface area contributed by atoms with Crippen LogP contribution in [-0.2, 0) is 0 Å². The normalized spacial score (nSPS) is 19.5. The van der Waals surface area contributed by atoms with E-state index in [0.29, 0.717) is 38.9 Å². The van der Waals surface area contributed by atoms with Crippen LogP contribution in [0.3, 0.4) is 0 Å². The third-order valence-corrected chi connectivity index (χ3v) is 9.52. The Morgan fingerprint density at radius 3 is 2.60 bits per heavy atom. The van der Waals surface area contributed by atoms with Gasteiger partial charge in [-0.2, -0.15) is 0 Å². The fourth-order valence-electron chi connectivity index (χ4n) is 7.10. The molecule has 8 nitrogen and oxygen atoms in total. The molecule has 0 amide bonds. The van der Waals surface area contributed by atoms with Crippen molar-refractivity contribution < 1.29 is 0 Å². The summed E-state index contributed by atoms with van der Waals surface area (Å²) in [4.78, 5) is 41.4. The Morgan fingerprint density at radius 1 is 0.952 bits per heavy atom. The second kappa shape index (κ2) is 10.9. The Balaban J connectivity index is 1.39. The number of halogens is 1. The second-order valence-corrected chi connectivity index (χ2v) is 11.9. The minimum atomic E-state index is -0.478. The van der Waals surface area contributed by atoms with Crippen molar-refractivity contribution in [3.05, 3.63) is 98.4 Å². The third kappa shape index (κ3) is 4.54. The molecule has 2 aromatic carbocycles. The summed E-state index contributed by atoms with van der Waals surface area (Å²) in [7, 11) is 0. The average Bonchev–Trinajstić information content (AvgIpc) is 3.02. The quantitative estimate of drug-likeness (QED) is 0.247. The molecule has 7 rings (SSSR count). The van der Waals surface area contributed by atoms with E-state index in [1.807, 2.05) is 49.4 Å². The minimum absolute atomic E-state index is 0.115. The molecule has 2 aliphatic rings. The van der Waals surface area contributed by atoms with Gasteiger partial charge in [-0.05, 0) is 49.8 Å². The van der Waals surface area contributed by atoms with Crippen molar-refractivity contribution in [2.75, 3.05) is 23.3 Å². The number of pyridine rings is 2. The van der Waals surface area contributed by atoms with Gasteiger partial charge in [0.25, 0.3) is 5.56 Å². The molecule has 1 aliphatic heterocycles. The van der Waals surface area contributed by atoms with Gasteiger partial charge in [0, 0.05) is 36.4 Å². The lowest BCUT2D eigenvalue weighted by molar-refractivity contribution is 0.202. The van der Waals surface area contributed by atoms with E-state index in [4.69, 9.17) is 11.6 Å². The summed E-state index contributed by atoms with van der Waals surface area (Å²) in [6.07, 6.45) is 9.33. The van der Waals surface area contributed by atoms with Gasteiger partial charge in [-0.3, -0.25) is 14.2 Å². The number of benzene rings is 2. The fraction of sp³-hybridized carbons (Fsp3) is 0.333. The van der Waals surface area contributed by atoms with Crippen LogP contribution in [0.5, 0.6) is 0 Å². The first kappa shape index (κ1) is 26.7. The summed E-state index contributed by atoms with van der Waals surface area (Å²) in [5.41, 5.74) is 2.40. The maximum atomic E-state index is 14.6. The van der Waals surface area contributed by atoms with Crippen molar-refractivity contribution in [1.29, 1.82) is 0 Å². The number of nitrogens with zero attached hydrogens (tertiary/aromatic N) is 4. The fourth-order valence-corrected chi connectivity index (χ4v) is 7.50. The van der Waals surface area contributed by atoms with Crippen LogP contribution in [0.15, 0.2) is 76.7 Å². The predicted octanol–water partition coefficient (Wildman–Crippen LogP) is 6.47. The minimum Gasteiger partial charge on any atom is -0.371 e. The van der Waals surface area contributed by atoms with E-state index in [1.54, 1.807) is 10.8 Å². The summed E-state index contributed by atoms with van der Waals surface area (Å²) in [6, 6.07) is 16.6. The van der Waals surface area contributed by atoms with Gasteiger partial charge in [0.2, 0.25) is 0 Å². The number of nitrogens with one attached hydrogen (secondary N) is 2. The summed E-state index contributed by atoms with van der Waals surface area (Å²) in [5.74, 6) is 1.84. The number of anilines is 2. The lowest BCUT2D eigenvalue weighted by Crippen LogP contribution is -2.42. The predicted molar refractivity (Wildman–Crippen MR) is 169 cm³/mol. The van der Waals surface area contributed by atoms with Gasteiger partial charge >= 0.3 is 0 Å². The highest BCUT2D eigenvalue weighted by molar-refractivity contribution is 6.36. The SMILES string of the molecule is C[C@H](Nc1ncnc2[nH]ccc(=O)c12)c1c(Cl)c2cccc(N3CCC4CCCCC4C3)c2c(=O)n1-c1ccccc1. The first-order valence-electron chi connectivity index (χ1n) is 14.8. The highest BCUT2D eigenvalue weighted by Gasteiger charge is 2.33. The first-order valence-corrected chi connectivity index (χ1v) is 15.2. The van der Waals surface area contributed by atoms with E-state index in [1.165, 1.54) is 38.1 Å². The molecule has 3 atom stereocenters.